The molecule has 64 valence electrons. The monoisotopic (exact) mass is 200 g/mol. The maximum absolute atomic E-state index is 5.73. The molecule has 2 nitrogen and oxygen atoms in total. The van der Waals surface area contributed by atoms with E-state index >= 15 is 0 Å². The number of halogens is 1. The van der Waals surface area contributed by atoms with Crippen molar-refractivity contribution >= 4 is 22.9 Å². The Morgan fingerprint density at radius 2 is 2.00 bits per heavy atom. The van der Waals surface area contributed by atoms with Crippen molar-refractivity contribution in [3.63, 3.8) is 0 Å². The second-order valence-electron chi connectivity index (χ2n) is 3.68. The minimum absolute atomic E-state index is 0.593. The SMILES string of the molecule is Clc1nnc(C2C3CCCC32)s1. The number of nitrogens with zero attached hydrogens (tertiary/aromatic N) is 2. The summed E-state index contributed by atoms with van der Waals surface area (Å²) in [6, 6.07) is 0. The lowest BCUT2D eigenvalue weighted by Crippen LogP contribution is -1.86. The van der Waals surface area contributed by atoms with Gasteiger partial charge in [-0.25, -0.2) is 0 Å². The highest BCUT2D eigenvalue weighted by Crippen LogP contribution is 2.63. The summed E-state index contributed by atoms with van der Waals surface area (Å²) in [7, 11) is 0. The molecule has 1 heterocycles. The Labute approximate surface area is 80.0 Å². The fourth-order valence-corrected chi connectivity index (χ4v) is 3.63. The van der Waals surface area contributed by atoms with Gasteiger partial charge in [0.15, 0.2) is 0 Å². The molecule has 2 aliphatic carbocycles. The number of rotatable bonds is 1. The lowest BCUT2D eigenvalue weighted by atomic mass is 10.2. The molecule has 0 aromatic carbocycles. The maximum Gasteiger partial charge on any atom is 0.207 e. The van der Waals surface area contributed by atoms with E-state index in [9.17, 15) is 0 Å². The molecule has 0 N–H and O–H groups in total. The lowest BCUT2D eigenvalue weighted by Gasteiger charge is -1.95. The molecule has 1 aromatic rings. The largest absolute Gasteiger partial charge is 0.207 e. The summed E-state index contributed by atoms with van der Waals surface area (Å²) in [5.74, 6) is 2.58. The van der Waals surface area contributed by atoms with Crippen LogP contribution >= 0.6 is 22.9 Å². The molecule has 0 amide bonds. The molecule has 0 spiro atoms. The van der Waals surface area contributed by atoms with Gasteiger partial charge in [-0.05, 0) is 36.3 Å². The van der Waals surface area contributed by atoms with Crippen LogP contribution in [0.15, 0.2) is 0 Å². The van der Waals surface area contributed by atoms with Crippen LogP contribution in [0.3, 0.4) is 0 Å². The third-order valence-electron chi connectivity index (χ3n) is 3.11. The molecule has 0 aliphatic heterocycles. The fourth-order valence-electron chi connectivity index (χ4n) is 2.54. The van der Waals surface area contributed by atoms with Gasteiger partial charge < -0.3 is 0 Å². The number of fused-ring (bicyclic) bond motifs is 1. The van der Waals surface area contributed by atoms with Gasteiger partial charge in [0.25, 0.3) is 0 Å². The summed E-state index contributed by atoms with van der Waals surface area (Å²) in [6.45, 7) is 0. The Morgan fingerprint density at radius 1 is 1.25 bits per heavy atom. The van der Waals surface area contributed by atoms with Gasteiger partial charge in [0, 0.05) is 5.92 Å². The molecule has 1 aromatic heterocycles. The molecule has 4 heteroatoms. The van der Waals surface area contributed by atoms with Gasteiger partial charge in [-0.3, -0.25) is 0 Å². The van der Waals surface area contributed by atoms with Gasteiger partial charge in [0.2, 0.25) is 4.47 Å². The predicted molar refractivity (Wildman–Crippen MR) is 48.5 cm³/mol. The molecule has 0 radical (unpaired) electrons. The summed E-state index contributed by atoms with van der Waals surface area (Å²) in [5, 5.41) is 9.11. The van der Waals surface area contributed by atoms with Crippen LogP contribution < -0.4 is 0 Å². The Hall–Kier alpha value is -0.150. The minimum Gasteiger partial charge on any atom is -0.142 e. The lowest BCUT2D eigenvalue weighted by molar-refractivity contribution is 0.675. The first-order chi connectivity index (χ1) is 5.86. The second-order valence-corrected chi connectivity index (χ2v) is 5.27. The normalized spacial score (nSPS) is 38.2. The first kappa shape index (κ1) is 7.27. The molecular formula is C8H9ClN2S. The van der Waals surface area contributed by atoms with Gasteiger partial charge in [-0.2, -0.15) is 0 Å². The van der Waals surface area contributed by atoms with Crippen molar-refractivity contribution < 1.29 is 0 Å². The van der Waals surface area contributed by atoms with Crippen LogP contribution in [-0.4, -0.2) is 10.2 Å². The Balaban J connectivity index is 1.84. The van der Waals surface area contributed by atoms with Crippen LogP contribution in [0.5, 0.6) is 0 Å². The molecule has 2 fully saturated rings. The zero-order valence-corrected chi connectivity index (χ0v) is 8.11. The zero-order chi connectivity index (χ0) is 8.13. The van der Waals surface area contributed by atoms with Gasteiger partial charge in [0.05, 0.1) is 0 Å². The van der Waals surface area contributed by atoms with E-state index in [1.165, 1.54) is 24.3 Å². The minimum atomic E-state index is 0.593. The maximum atomic E-state index is 5.73. The molecule has 0 bridgehead atoms. The van der Waals surface area contributed by atoms with Crippen molar-refractivity contribution in [3.05, 3.63) is 9.47 Å². The number of hydrogen-bond donors (Lipinski definition) is 0. The number of hydrogen-bond acceptors (Lipinski definition) is 3. The average molecular weight is 201 g/mol. The molecular weight excluding hydrogens is 192 g/mol. The van der Waals surface area contributed by atoms with E-state index in [2.05, 4.69) is 10.2 Å². The van der Waals surface area contributed by atoms with Gasteiger partial charge in [0.1, 0.15) is 5.01 Å². The van der Waals surface area contributed by atoms with E-state index in [-0.39, 0.29) is 0 Å². The van der Waals surface area contributed by atoms with E-state index < -0.39 is 0 Å². The van der Waals surface area contributed by atoms with Crippen LogP contribution in [0, 0.1) is 11.8 Å². The van der Waals surface area contributed by atoms with Crippen LogP contribution in [0.1, 0.15) is 30.2 Å². The molecule has 2 atom stereocenters. The average Bonchev–Trinajstić information content (AvgIpc) is 2.55. The molecule has 0 saturated heterocycles. The molecule has 2 aliphatic rings. The first-order valence-corrected chi connectivity index (χ1v) is 5.54. The zero-order valence-electron chi connectivity index (χ0n) is 6.53. The van der Waals surface area contributed by atoms with Crippen molar-refractivity contribution in [2.24, 2.45) is 11.8 Å². The van der Waals surface area contributed by atoms with E-state index in [0.717, 1.165) is 17.8 Å². The van der Waals surface area contributed by atoms with Crippen molar-refractivity contribution in [3.8, 4) is 0 Å². The Kier molecular flexibility index (Phi) is 1.47. The summed E-state index contributed by atoms with van der Waals surface area (Å²) >= 11 is 7.29. The summed E-state index contributed by atoms with van der Waals surface area (Å²) < 4.78 is 0.593. The highest BCUT2D eigenvalue weighted by molar-refractivity contribution is 7.15. The van der Waals surface area contributed by atoms with Gasteiger partial charge >= 0.3 is 0 Å². The Bertz CT molecular complexity index is 302. The molecule has 12 heavy (non-hydrogen) atoms. The van der Waals surface area contributed by atoms with Gasteiger partial charge in [-0.15, -0.1) is 10.2 Å². The molecule has 2 unspecified atom stereocenters. The van der Waals surface area contributed by atoms with Crippen molar-refractivity contribution in [1.29, 1.82) is 0 Å². The topological polar surface area (TPSA) is 25.8 Å². The van der Waals surface area contributed by atoms with Gasteiger partial charge in [-0.1, -0.05) is 17.8 Å². The summed E-state index contributed by atoms with van der Waals surface area (Å²) in [4.78, 5) is 0. The highest BCUT2D eigenvalue weighted by Gasteiger charge is 2.54. The third-order valence-corrected chi connectivity index (χ3v) is 4.23. The van der Waals surface area contributed by atoms with Crippen molar-refractivity contribution in [1.82, 2.24) is 10.2 Å². The quantitative estimate of drug-likeness (QED) is 0.697. The van der Waals surface area contributed by atoms with Crippen LogP contribution in [-0.2, 0) is 0 Å². The van der Waals surface area contributed by atoms with Crippen LogP contribution in [0.25, 0.3) is 0 Å². The van der Waals surface area contributed by atoms with Crippen molar-refractivity contribution in [2.45, 2.75) is 25.2 Å². The highest BCUT2D eigenvalue weighted by atomic mass is 35.5. The molecule has 3 rings (SSSR count). The standard InChI is InChI=1S/C8H9ClN2S/c9-8-11-10-7(12-8)6-4-2-1-3-5(4)6/h4-6H,1-3H2. The van der Waals surface area contributed by atoms with Crippen LogP contribution in [0.4, 0.5) is 0 Å². The van der Waals surface area contributed by atoms with E-state index in [1.807, 2.05) is 0 Å². The van der Waals surface area contributed by atoms with E-state index in [4.69, 9.17) is 11.6 Å². The predicted octanol–water partition coefficient (Wildman–Crippen LogP) is 2.71. The van der Waals surface area contributed by atoms with Crippen LogP contribution in [0.2, 0.25) is 4.47 Å². The Morgan fingerprint density at radius 3 is 2.58 bits per heavy atom. The smallest absolute Gasteiger partial charge is 0.142 e. The summed E-state index contributed by atoms with van der Waals surface area (Å²) in [5.41, 5.74) is 0. The first-order valence-electron chi connectivity index (χ1n) is 4.35. The van der Waals surface area contributed by atoms with Crippen molar-refractivity contribution in [2.75, 3.05) is 0 Å². The third kappa shape index (κ3) is 0.927. The fraction of sp³-hybridized carbons (Fsp3) is 0.750. The molecule has 2 saturated carbocycles. The number of aromatic nitrogens is 2. The van der Waals surface area contributed by atoms with E-state index in [0.29, 0.717) is 4.47 Å². The second kappa shape index (κ2) is 2.42. The summed E-state index contributed by atoms with van der Waals surface area (Å²) in [6.07, 6.45) is 4.21. The van der Waals surface area contributed by atoms with E-state index in [1.54, 1.807) is 11.3 Å².